The van der Waals surface area contributed by atoms with E-state index < -0.39 is 0 Å². The van der Waals surface area contributed by atoms with Gasteiger partial charge < -0.3 is 9.64 Å². The Kier molecular flexibility index (Phi) is 6.84. The number of Topliss-reactive ketones (excluding diaryl/α,β-unsaturated/α-hetero) is 1. The molecule has 1 heterocycles. The number of carbonyl (C=O) groups excluding carboxylic acids is 2. The monoisotopic (exact) mass is 357 g/mol. The topological polar surface area (TPSA) is 46.6 Å². The lowest BCUT2D eigenvalue weighted by Crippen LogP contribution is -2.48. The molecular formula is C22H31NO3. The van der Waals surface area contributed by atoms with Crippen LogP contribution >= 0.6 is 0 Å². The number of allylic oxidation sites excluding steroid dienone is 5. The van der Waals surface area contributed by atoms with Crippen LogP contribution in [-0.4, -0.2) is 41.9 Å². The summed E-state index contributed by atoms with van der Waals surface area (Å²) in [7, 11) is 0. The Morgan fingerprint density at radius 3 is 2.69 bits per heavy atom. The lowest BCUT2D eigenvalue weighted by Gasteiger charge is -2.38. The van der Waals surface area contributed by atoms with Crippen LogP contribution in [0.25, 0.3) is 0 Å². The molecule has 1 fully saturated rings. The fraction of sp³-hybridized carbons (Fsp3) is 0.636. The first-order chi connectivity index (χ1) is 12.7. The van der Waals surface area contributed by atoms with Crippen molar-refractivity contribution in [1.82, 2.24) is 4.90 Å². The molecule has 1 aliphatic heterocycles. The molecule has 0 aromatic carbocycles. The van der Waals surface area contributed by atoms with Crippen molar-refractivity contribution >= 4 is 11.7 Å². The van der Waals surface area contributed by atoms with Gasteiger partial charge in [0.1, 0.15) is 5.78 Å². The molecule has 0 N–H and O–H groups in total. The predicted molar refractivity (Wildman–Crippen MR) is 103 cm³/mol. The Hall–Kier alpha value is -1.68. The van der Waals surface area contributed by atoms with Crippen LogP contribution in [0.3, 0.4) is 0 Å². The molecule has 2 atom stereocenters. The molecular weight excluding hydrogens is 326 g/mol. The summed E-state index contributed by atoms with van der Waals surface area (Å²) in [6.07, 6.45) is 17.4. The Morgan fingerprint density at radius 2 is 2.00 bits per heavy atom. The maximum Gasteiger partial charge on any atom is 0.223 e. The summed E-state index contributed by atoms with van der Waals surface area (Å²) in [5, 5.41) is 0. The van der Waals surface area contributed by atoms with Gasteiger partial charge in [0.15, 0.2) is 0 Å². The quantitative estimate of drug-likeness (QED) is 0.648. The second kappa shape index (κ2) is 9.31. The summed E-state index contributed by atoms with van der Waals surface area (Å²) in [6.45, 7) is 3.36. The second-order valence-electron chi connectivity index (χ2n) is 7.52. The number of hydrogen-bond acceptors (Lipinski definition) is 3. The van der Waals surface area contributed by atoms with Gasteiger partial charge in [-0.25, -0.2) is 0 Å². The average Bonchev–Trinajstić information content (AvgIpc) is 3.17. The molecule has 4 heteroatoms. The van der Waals surface area contributed by atoms with Gasteiger partial charge in [0.05, 0.1) is 6.04 Å². The molecule has 0 aromatic rings. The van der Waals surface area contributed by atoms with Gasteiger partial charge >= 0.3 is 0 Å². The van der Waals surface area contributed by atoms with Gasteiger partial charge in [0.2, 0.25) is 5.91 Å². The van der Waals surface area contributed by atoms with Gasteiger partial charge in [-0.15, -0.1) is 0 Å². The summed E-state index contributed by atoms with van der Waals surface area (Å²) in [5.41, 5.74) is 1.29. The predicted octanol–water partition coefficient (Wildman–Crippen LogP) is 3.97. The third-order valence-electron chi connectivity index (χ3n) is 5.74. The van der Waals surface area contributed by atoms with Crippen molar-refractivity contribution < 1.29 is 14.3 Å². The number of ether oxygens (including phenoxy) is 1. The zero-order chi connectivity index (χ0) is 18.4. The van der Waals surface area contributed by atoms with E-state index >= 15 is 0 Å². The first kappa shape index (κ1) is 19.1. The first-order valence-corrected chi connectivity index (χ1v) is 10.1. The highest BCUT2D eigenvalue weighted by Gasteiger charge is 2.34. The van der Waals surface area contributed by atoms with E-state index in [4.69, 9.17) is 4.74 Å². The standard InChI is InChI=1S/C22H31NO3/c1-2-22(25)23(19-12-14-26-15-13-19)20-10-9-18(16-20)21(24)11-8-17-6-4-3-5-7-17/h4,6-7,9-10,18-20H,2-3,5,8,11-16H2,1H3. The number of carbonyl (C=O) groups is 2. The molecule has 0 saturated carbocycles. The van der Waals surface area contributed by atoms with Gasteiger partial charge in [-0.05, 0) is 38.5 Å². The third-order valence-corrected chi connectivity index (χ3v) is 5.74. The Bertz CT molecular complexity index is 599. The molecule has 0 spiro atoms. The van der Waals surface area contributed by atoms with E-state index in [1.807, 2.05) is 17.9 Å². The summed E-state index contributed by atoms with van der Waals surface area (Å²) >= 11 is 0. The summed E-state index contributed by atoms with van der Waals surface area (Å²) in [5.74, 6) is 0.455. The van der Waals surface area contributed by atoms with E-state index in [0.717, 1.165) is 51.7 Å². The van der Waals surface area contributed by atoms with Gasteiger partial charge in [-0.1, -0.05) is 42.9 Å². The molecule has 0 radical (unpaired) electrons. The van der Waals surface area contributed by atoms with Crippen molar-refractivity contribution in [3.63, 3.8) is 0 Å². The molecule has 142 valence electrons. The fourth-order valence-electron chi connectivity index (χ4n) is 4.24. The molecule has 1 amide bonds. The normalized spacial score (nSPS) is 26.0. The highest BCUT2D eigenvalue weighted by Crippen LogP contribution is 2.29. The van der Waals surface area contributed by atoms with Crippen LogP contribution in [-0.2, 0) is 14.3 Å². The number of hydrogen-bond donors (Lipinski definition) is 0. The van der Waals surface area contributed by atoms with Gasteiger partial charge in [-0.2, -0.15) is 0 Å². The zero-order valence-corrected chi connectivity index (χ0v) is 15.9. The number of nitrogens with zero attached hydrogens (tertiary/aromatic N) is 1. The maximum absolute atomic E-state index is 12.6. The molecule has 3 rings (SSSR count). The summed E-state index contributed by atoms with van der Waals surface area (Å²) in [4.78, 5) is 27.2. The third kappa shape index (κ3) is 4.73. The van der Waals surface area contributed by atoms with Crippen LogP contribution in [0.5, 0.6) is 0 Å². The van der Waals surface area contributed by atoms with Crippen molar-refractivity contribution in [3.8, 4) is 0 Å². The minimum Gasteiger partial charge on any atom is -0.381 e. The van der Waals surface area contributed by atoms with E-state index in [0.29, 0.717) is 18.6 Å². The lowest BCUT2D eigenvalue weighted by atomic mass is 9.94. The smallest absolute Gasteiger partial charge is 0.223 e. The molecule has 3 aliphatic rings. The van der Waals surface area contributed by atoms with E-state index in [1.165, 1.54) is 5.57 Å². The highest BCUT2D eigenvalue weighted by molar-refractivity contribution is 5.84. The Morgan fingerprint density at radius 1 is 1.19 bits per heavy atom. The summed E-state index contributed by atoms with van der Waals surface area (Å²) in [6, 6.07) is 0.311. The fourth-order valence-corrected chi connectivity index (χ4v) is 4.24. The average molecular weight is 357 g/mol. The number of amides is 1. The van der Waals surface area contributed by atoms with Crippen LogP contribution < -0.4 is 0 Å². The minimum atomic E-state index is -0.0415. The van der Waals surface area contributed by atoms with Gasteiger partial charge in [0, 0.05) is 38.0 Å². The van der Waals surface area contributed by atoms with E-state index in [-0.39, 0.29) is 23.9 Å². The van der Waals surface area contributed by atoms with E-state index in [2.05, 4.69) is 24.3 Å². The van der Waals surface area contributed by atoms with E-state index in [9.17, 15) is 9.59 Å². The maximum atomic E-state index is 12.6. The van der Waals surface area contributed by atoms with Gasteiger partial charge in [-0.3, -0.25) is 9.59 Å². The number of rotatable bonds is 7. The minimum absolute atomic E-state index is 0.0415. The molecule has 2 unspecified atom stereocenters. The largest absolute Gasteiger partial charge is 0.381 e. The molecule has 4 nitrogen and oxygen atoms in total. The molecule has 26 heavy (non-hydrogen) atoms. The molecule has 0 bridgehead atoms. The van der Waals surface area contributed by atoms with Crippen molar-refractivity contribution in [3.05, 3.63) is 36.0 Å². The highest BCUT2D eigenvalue weighted by atomic mass is 16.5. The zero-order valence-electron chi connectivity index (χ0n) is 15.9. The van der Waals surface area contributed by atoms with Crippen molar-refractivity contribution in [2.45, 2.75) is 70.4 Å². The van der Waals surface area contributed by atoms with E-state index in [1.54, 1.807) is 0 Å². The van der Waals surface area contributed by atoms with Crippen LogP contribution in [0.2, 0.25) is 0 Å². The first-order valence-electron chi connectivity index (χ1n) is 10.1. The van der Waals surface area contributed by atoms with Crippen LogP contribution in [0.15, 0.2) is 36.0 Å². The number of ketones is 1. The van der Waals surface area contributed by atoms with Crippen LogP contribution in [0.1, 0.15) is 58.3 Å². The van der Waals surface area contributed by atoms with Crippen LogP contribution in [0.4, 0.5) is 0 Å². The lowest BCUT2D eigenvalue weighted by molar-refractivity contribution is -0.137. The molecule has 1 saturated heterocycles. The molecule has 0 aromatic heterocycles. The van der Waals surface area contributed by atoms with Gasteiger partial charge in [0.25, 0.3) is 0 Å². The second-order valence-corrected chi connectivity index (χ2v) is 7.52. The van der Waals surface area contributed by atoms with Crippen molar-refractivity contribution in [2.24, 2.45) is 5.92 Å². The summed E-state index contributed by atoms with van der Waals surface area (Å²) < 4.78 is 5.45. The SMILES string of the molecule is CCC(=O)N(C1C=CC(C(=O)CCC2=CCCC=C2)C1)C1CCOCC1. The van der Waals surface area contributed by atoms with Crippen molar-refractivity contribution in [2.75, 3.05) is 13.2 Å². The van der Waals surface area contributed by atoms with Crippen LogP contribution in [0, 0.1) is 5.92 Å². The Balaban J connectivity index is 1.56. The molecule has 2 aliphatic carbocycles. The van der Waals surface area contributed by atoms with Crippen molar-refractivity contribution in [1.29, 1.82) is 0 Å². The Labute approximate surface area is 157 Å².